The summed E-state index contributed by atoms with van der Waals surface area (Å²) >= 11 is 6.37. The molecule has 0 aliphatic rings. The fourth-order valence-corrected chi connectivity index (χ4v) is 3.86. The van der Waals surface area contributed by atoms with Gasteiger partial charge in [0, 0.05) is 11.1 Å². The van der Waals surface area contributed by atoms with Gasteiger partial charge in [-0.1, -0.05) is 29.0 Å². The maximum atomic E-state index is 12.1. The monoisotopic (exact) mass is 333 g/mol. The molecule has 106 valence electrons. The van der Waals surface area contributed by atoms with Crippen molar-refractivity contribution in [2.45, 2.75) is 4.21 Å². The Bertz CT molecular complexity index is 773. The van der Waals surface area contributed by atoms with Crippen LogP contribution in [0, 0.1) is 10.1 Å². The summed E-state index contributed by atoms with van der Waals surface area (Å²) in [7, 11) is -3.94. The molecule has 0 radical (unpaired) electrons. The van der Waals surface area contributed by atoms with Crippen molar-refractivity contribution in [3.63, 3.8) is 0 Å². The van der Waals surface area contributed by atoms with Crippen molar-refractivity contribution in [2.75, 3.05) is 10.5 Å². The topological polar surface area (TPSA) is 115 Å². The highest BCUT2D eigenvalue weighted by Crippen LogP contribution is 2.35. The lowest BCUT2D eigenvalue weighted by Crippen LogP contribution is -2.11. The predicted molar refractivity (Wildman–Crippen MR) is 77.6 cm³/mol. The van der Waals surface area contributed by atoms with Crippen LogP contribution in [0.15, 0.2) is 34.5 Å². The van der Waals surface area contributed by atoms with E-state index >= 15 is 0 Å². The number of hydrogen-bond acceptors (Lipinski definition) is 6. The van der Waals surface area contributed by atoms with E-state index in [2.05, 4.69) is 4.72 Å². The van der Waals surface area contributed by atoms with Crippen molar-refractivity contribution in [3.05, 3.63) is 45.5 Å². The van der Waals surface area contributed by atoms with Gasteiger partial charge in [-0.25, -0.2) is 8.42 Å². The van der Waals surface area contributed by atoms with Crippen molar-refractivity contribution in [2.24, 2.45) is 0 Å². The quantitative estimate of drug-likeness (QED) is 0.659. The van der Waals surface area contributed by atoms with Crippen molar-refractivity contribution in [1.29, 1.82) is 0 Å². The van der Waals surface area contributed by atoms with Gasteiger partial charge in [0.05, 0.1) is 10.6 Å². The van der Waals surface area contributed by atoms with Crippen LogP contribution in [0.3, 0.4) is 0 Å². The van der Waals surface area contributed by atoms with Gasteiger partial charge in [-0.2, -0.15) is 0 Å². The highest BCUT2D eigenvalue weighted by molar-refractivity contribution is 7.94. The van der Waals surface area contributed by atoms with Crippen molar-refractivity contribution < 1.29 is 13.3 Å². The van der Waals surface area contributed by atoms with Crippen LogP contribution in [0.25, 0.3) is 0 Å². The van der Waals surface area contributed by atoms with E-state index in [1.807, 2.05) is 0 Å². The van der Waals surface area contributed by atoms with Crippen LogP contribution in [0.1, 0.15) is 0 Å². The first-order valence-electron chi connectivity index (χ1n) is 5.11. The minimum atomic E-state index is -3.94. The number of nitrogen functional groups attached to an aromatic ring is 1. The Morgan fingerprint density at radius 2 is 2.05 bits per heavy atom. The number of sulfonamides is 1. The summed E-state index contributed by atoms with van der Waals surface area (Å²) in [6.45, 7) is 0. The molecule has 2 aromatic rings. The molecule has 1 aromatic carbocycles. The number of thiophene rings is 1. The van der Waals surface area contributed by atoms with E-state index in [0.717, 1.165) is 6.07 Å². The van der Waals surface area contributed by atoms with Gasteiger partial charge in [-0.15, -0.1) is 0 Å². The third-order valence-corrected chi connectivity index (χ3v) is 5.30. The smallest absolute Gasteiger partial charge is 0.304 e. The predicted octanol–water partition coefficient (Wildman–Crippen LogP) is 2.69. The number of halogens is 1. The second-order valence-electron chi connectivity index (χ2n) is 3.69. The van der Waals surface area contributed by atoms with Crippen LogP contribution >= 0.6 is 22.9 Å². The second kappa shape index (κ2) is 5.27. The summed E-state index contributed by atoms with van der Waals surface area (Å²) < 4.78 is 26.2. The Morgan fingerprint density at radius 3 is 2.60 bits per heavy atom. The first-order valence-corrected chi connectivity index (χ1v) is 7.79. The van der Waals surface area contributed by atoms with Crippen LogP contribution in [0.2, 0.25) is 5.02 Å². The largest absolute Gasteiger partial charge is 0.385 e. The molecular weight excluding hydrogens is 326 g/mol. The SMILES string of the molecule is Nc1sc(S(=O)(=O)Nc2cccc(Cl)c2)cc1[N+](=O)[O-]. The lowest BCUT2D eigenvalue weighted by Gasteiger charge is -2.05. The lowest BCUT2D eigenvalue weighted by atomic mass is 10.3. The van der Waals surface area contributed by atoms with Gasteiger partial charge in [0.1, 0.15) is 4.21 Å². The molecule has 2 rings (SSSR count). The van der Waals surface area contributed by atoms with Crippen LogP contribution in [-0.2, 0) is 10.0 Å². The molecule has 3 N–H and O–H groups in total. The third-order valence-electron chi connectivity index (χ3n) is 2.26. The Balaban J connectivity index is 2.36. The average Bonchev–Trinajstić information content (AvgIpc) is 2.71. The van der Waals surface area contributed by atoms with E-state index in [0.29, 0.717) is 16.4 Å². The Hall–Kier alpha value is -1.84. The molecule has 7 nitrogen and oxygen atoms in total. The molecule has 0 saturated carbocycles. The van der Waals surface area contributed by atoms with Gasteiger partial charge < -0.3 is 5.73 Å². The van der Waals surface area contributed by atoms with Crippen LogP contribution in [-0.4, -0.2) is 13.3 Å². The minimum Gasteiger partial charge on any atom is -0.385 e. The summed E-state index contributed by atoms with van der Waals surface area (Å²) in [5.74, 6) is 0. The Kier molecular flexibility index (Phi) is 3.84. The molecule has 0 aliphatic heterocycles. The number of nitrogens with zero attached hydrogens (tertiary/aromatic N) is 1. The van der Waals surface area contributed by atoms with Gasteiger partial charge in [0.25, 0.3) is 10.0 Å². The molecule has 1 heterocycles. The molecule has 0 bridgehead atoms. The number of nitrogens with two attached hydrogens (primary N) is 1. The summed E-state index contributed by atoms with van der Waals surface area (Å²) in [6, 6.07) is 7.02. The van der Waals surface area contributed by atoms with Gasteiger partial charge >= 0.3 is 5.69 Å². The zero-order valence-corrected chi connectivity index (χ0v) is 12.1. The Labute approximate surface area is 123 Å². The summed E-state index contributed by atoms with van der Waals surface area (Å²) in [6.07, 6.45) is 0. The molecule has 20 heavy (non-hydrogen) atoms. The van der Waals surface area contributed by atoms with Gasteiger partial charge in [0.15, 0.2) is 5.00 Å². The average molecular weight is 334 g/mol. The summed E-state index contributed by atoms with van der Waals surface area (Å²) in [4.78, 5) is 9.93. The van der Waals surface area contributed by atoms with E-state index < -0.39 is 20.6 Å². The first kappa shape index (κ1) is 14.6. The molecule has 0 aliphatic carbocycles. The van der Waals surface area contributed by atoms with Crippen LogP contribution < -0.4 is 10.5 Å². The van der Waals surface area contributed by atoms with Crippen LogP contribution in [0.5, 0.6) is 0 Å². The van der Waals surface area contributed by atoms with Crippen LogP contribution in [0.4, 0.5) is 16.4 Å². The first-order chi connectivity index (χ1) is 9.29. The molecule has 0 saturated heterocycles. The maximum absolute atomic E-state index is 12.1. The van der Waals surface area contributed by atoms with E-state index in [-0.39, 0.29) is 14.9 Å². The van der Waals surface area contributed by atoms with Crippen molar-refractivity contribution >= 4 is 49.3 Å². The highest BCUT2D eigenvalue weighted by atomic mass is 35.5. The number of benzene rings is 1. The molecule has 0 unspecified atom stereocenters. The number of anilines is 2. The highest BCUT2D eigenvalue weighted by Gasteiger charge is 2.24. The normalized spacial score (nSPS) is 11.2. The number of nitro groups is 1. The number of rotatable bonds is 4. The van der Waals surface area contributed by atoms with Gasteiger partial charge in [-0.3, -0.25) is 14.8 Å². The molecular formula is C10H8ClN3O4S2. The molecule has 0 spiro atoms. The minimum absolute atomic E-state index is 0.165. The standard InChI is InChI=1S/C10H8ClN3O4S2/c11-6-2-1-3-7(4-6)13-20(17,18)9-5-8(14(15)16)10(12)19-9/h1-5,13H,12H2. The number of nitrogens with one attached hydrogen (secondary N) is 1. The summed E-state index contributed by atoms with van der Waals surface area (Å²) in [5, 5.41) is 10.9. The molecule has 1 aromatic heterocycles. The van der Waals surface area contributed by atoms with E-state index in [4.69, 9.17) is 17.3 Å². The number of hydrogen-bond donors (Lipinski definition) is 2. The van der Waals surface area contributed by atoms with Crippen molar-refractivity contribution in [3.8, 4) is 0 Å². The Morgan fingerprint density at radius 1 is 1.35 bits per heavy atom. The van der Waals surface area contributed by atoms with E-state index in [1.54, 1.807) is 12.1 Å². The van der Waals surface area contributed by atoms with E-state index in [9.17, 15) is 18.5 Å². The molecule has 0 fully saturated rings. The van der Waals surface area contributed by atoms with Crippen molar-refractivity contribution in [1.82, 2.24) is 0 Å². The van der Waals surface area contributed by atoms with Gasteiger partial charge in [0.2, 0.25) is 0 Å². The van der Waals surface area contributed by atoms with Gasteiger partial charge in [-0.05, 0) is 18.2 Å². The molecule has 10 heteroatoms. The fraction of sp³-hybridized carbons (Fsp3) is 0. The molecule has 0 atom stereocenters. The second-order valence-corrected chi connectivity index (χ2v) is 7.12. The summed E-state index contributed by atoms with van der Waals surface area (Å²) in [5.41, 5.74) is 5.25. The maximum Gasteiger partial charge on any atom is 0.304 e. The lowest BCUT2D eigenvalue weighted by molar-refractivity contribution is -0.383. The fourth-order valence-electron chi connectivity index (χ4n) is 1.41. The zero-order valence-electron chi connectivity index (χ0n) is 9.74. The third kappa shape index (κ3) is 3.00. The zero-order chi connectivity index (χ0) is 14.9. The van der Waals surface area contributed by atoms with E-state index in [1.165, 1.54) is 12.1 Å². The molecule has 0 amide bonds.